The van der Waals surface area contributed by atoms with Crippen molar-refractivity contribution in [1.29, 1.82) is 5.26 Å². The van der Waals surface area contributed by atoms with Gasteiger partial charge in [-0.1, -0.05) is 12.1 Å². The molecule has 1 amide bonds. The Morgan fingerprint density at radius 2 is 1.89 bits per heavy atom. The van der Waals surface area contributed by atoms with Gasteiger partial charge < -0.3 is 5.32 Å². The fourth-order valence-corrected chi connectivity index (χ4v) is 2.10. The number of hydrogen-bond acceptors (Lipinski definition) is 2. The summed E-state index contributed by atoms with van der Waals surface area (Å²) in [5, 5.41) is 11.7. The molecule has 0 radical (unpaired) electrons. The molecule has 0 saturated heterocycles. The molecule has 0 aliphatic carbocycles. The van der Waals surface area contributed by atoms with Crippen LogP contribution in [-0.2, 0) is 17.6 Å². The van der Waals surface area contributed by atoms with Crippen LogP contribution < -0.4 is 5.32 Å². The maximum atomic E-state index is 11.0. The van der Waals surface area contributed by atoms with E-state index in [2.05, 4.69) is 37.4 Å². The number of nitrogens with one attached hydrogen (secondary N) is 1. The standard InChI is InChI=1S/C15H20N2O/c1-10-7-14(5-6-16)15(8-11(10)2)9-12(3)17-13(4)18/h7-8,12H,5,9H2,1-4H3,(H,17,18). The second-order valence-corrected chi connectivity index (χ2v) is 4.85. The van der Waals surface area contributed by atoms with Gasteiger partial charge in [-0.3, -0.25) is 4.79 Å². The van der Waals surface area contributed by atoms with Crippen molar-refractivity contribution in [3.8, 4) is 6.07 Å². The monoisotopic (exact) mass is 244 g/mol. The van der Waals surface area contributed by atoms with E-state index in [1.165, 1.54) is 18.1 Å². The van der Waals surface area contributed by atoms with Crippen LogP contribution in [0.3, 0.4) is 0 Å². The number of aryl methyl sites for hydroxylation is 2. The molecule has 0 heterocycles. The van der Waals surface area contributed by atoms with E-state index in [0.717, 1.165) is 17.5 Å². The Morgan fingerprint density at radius 1 is 1.33 bits per heavy atom. The van der Waals surface area contributed by atoms with Gasteiger partial charge in [0, 0.05) is 13.0 Å². The van der Waals surface area contributed by atoms with Crippen LogP contribution in [0.1, 0.15) is 36.1 Å². The lowest BCUT2D eigenvalue weighted by Gasteiger charge is -2.16. The highest BCUT2D eigenvalue weighted by Crippen LogP contribution is 2.18. The number of nitrogens with zero attached hydrogens (tertiary/aromatic N) is 1. The molecule has 0 aliphatic rings. The van der Waals surface area contributed by atoms with Crippen molar-refractivity contribution in [3.63, 3.8) is 0 Å². The predicted octanol–water partition coefficient (Wildman–Crippen LogP) is 2.44. The van der Waals surface area contributed by atoms with Crippen LogP contribution in [0, 0.1) is 25.2 Å². The Kier molecular flexibility index (Phi) is 4.91. The first-order chi connectivity index (χ1) is 8.43. The number of hydrogen-bond donors (Lipinski definition) is 1. The molecule has 1 N–H and O–H groups in total. The average molecular weight is 244 g/mol. The van der Waals surface area contributed by atoms with E-state index >= 15 is 0 Å². The van der Waals surface area contributed by atoms with Gasteiger partial charge >= 0.3 is 0 Å². The Bertz CT molecular complexity index is 486. The Balaban J connectivity index is 2.96. The van der Waals surface area contributed by atoms with Crippen LogP contribution in [0.2, 0.25) is 0 Å². The van der Waals surface area contributed by atoms with Crippen LogP contribution in [0.5, 0.6) is 0 Å². The number of amides is 1. The summed E-state index contributed by atoms with van der Waals surface area (Å²) in [5.74, 6) is -0.0202. The highest BCUT2D eigenvalue weighted by Gasteiger charge is 2.10. The maximum Gasteiger partial charge on any atom is 0.217 e. The zero-order chi connectivity index (χ0) is 13.7. The van der Waals surface area contributed by atoms with E-state index in [0.29, 0.717) is 6.42 Å². The third kappa shape index (κ3) is 3.89. The van der Waals surface area contributed by atoms with Gasteiger partial charge in [0.1, 0.15) is 0 Å². The van der Waals surface area contributed by atoms with Gasteiger partial charge in [-0.05, 0) is 49.4 Å². The molecule has 0 bridgehead atoms. The molecule has 1 aromatic carbocycles. The maximum absolute atomic E-state index is 11.0. The summed E-state index contributed by atoms with van der Waals surface area (Å²) in [7, 11) is 0. The Labute approximate surface area is 109 Å². The van der Waals surface area contributed by atoms with Crippen molar-refractivity contribution < 1.29 is 4.79 Å². The SMILES string of the molecule is CC(=O)NC(C)Cc1cc(C)c(C)cc1CC#N. The van der Waals surface area contributed by atoms with Gasteiger partial charge in [-0.25, -0.2) is 0 Å². The minimum Gasteiger partial charge on any atom is -0.354 e. The molecule has 0 aromatic heterocycles. The molecule has 96 valence electrons. The van der Waals surface area contributed by atoms with E-state index in [9.17, 15) is 4.79 Å². The minimum absolute atomic E-state index is 0.0202. The van der Waals surface area contributed by atoms with Crippen molar-refractivity contribution >= 4 is 5.91 Å². The van der Waals surface area contributed by atoms with Gasteiger partial charge in [-0.2, -0.15) is 5.26 Å². The second-order valence-electron chi connectivity index (χ2n) is 4.85. The smallest absolute Gasteiger partial charge is 0.217 e. The summed E-state index contributed by atoms with van der Waals surface area (Å²) in [5.41, 5.74) is 4.65. The summed E-state index contributed by atoms with van der Waals surface area (Å²) < 4.78 is 0. The van der Waals surface area contributed by atoms with E-state index in [4.69, 9.17) is 5.26 Å². The lowest BCUT2D eigenvalue weighted by Crippen LogP contribution is -2.32. The third-order valence-corrected chi connectivity index (χ3v) is 3.06. The van der Waals surface area contributed by atoms with Crippen molar-refractivity contribution in [2.24, 2.45) is 0 Å². The molecular formula is C15H20N2O. The summed E-state index contributed by atoms with van der Waals surface area (Å²) in [6, 6.07) is 6.49. The van der Waals surface area contributed by atoms with Gasteiger partial charge in [0.05, 0.1) is 12.5 Å². The highest BCUT2D eigenvalue weighted by atomic mass is 16.1. The largest absolute Gasteiger partial charge is 0.354 e. The van der Waals surface area contributed by atoms with Crippen LogP contribution >= 0.6 is 0 Å². The van der Waals surface area contributed by atoms with Crippen molar-refractivity contribution in [2.45, 2.75) is 46.6 Å². The minimum atomic E-state index is -0.0202. The first kappa shape index (κ1) is 14.2. The molecule has 0 fully saturated rings. The number of nitriles is 1. The predicted molar refractivity (Wildman–Crippen MR) is 72.2 cm³/mol. The molecule has 1 unspecified atom stereocenters. The van der Waals surface area contributed by atoms with Crippen molar-refractivity contribution in [1.82, 2.24) is 5.32 Å². The van der Waals surface area contributed by atoms with E-state index in [1.807, 2.05) is 6.92 Å². The molecule has 1 atom stereocenters. The van der Waals surface area contributed by atoms with E-state index in [1.54, 1.807) is 0 Å². The average Bonchev–Trinajstić information content (AvgIpc) is 2.24. The first-order valence-corrected chi connectivity index (χ1v) is 6.17. The number of rotatable bonds is 4. The molecule has 0 aliphatic heterocycles. The second kappa shape index (κ2) is 6.20. The normalized spacial score (nSPS) is 11.7. The van der Waals surface area contributed by atoms with Crippen LogP contribution in [-0.4, -0.2) is 11.9 Å². The van der Waals surface area contributed by atoms with Crippen molar-refractivity contribution in [3.05, 3.63) is 34.4 Å². The molecule has 1 rings (SSSR count). The van der Waals surface area contributed by atoms with E-state index in [-0.39, 0.29) is 11.9 Å². The fraction of sp³-hybridized carbons (Fsp3) is 0.467. The Morgan fingerprint density at radius 3 is 2.39 bits per heavy atom. The molecule has 0 spiro atoms. The lowest BCUT2D eigenvalue weighted by molar-refractivity contribution is -0.119. The zero-order valence-corrected chi connectivity index (χ0v) is 11.5. The fourth-order valence-electron chi connectivity index (χ4n) is 2.10. The van der Waals surface area contributed by atoms with Crippen molar-refractivity contribution in [2.75, 3.05) is 0 Å². The molecular weight excluding hydrogens is 224 g/mol. The summed E-state index contributed by atoms with van der Waals surface area (Å²) in [6.45, 7) is 7.62. The van der Waals surface area contributed by atoms with Crippen LogP contribution in [0.15, 0.2) is 12.1 Å². The Hall–Kier alpha value is -1.82. The lowest BCUT2D eigenvalue weighted by atomic mass is 9.94. The quantitative estimate of drug-likeness (QED) is 0.884. The van der Waals surface area contributed by atoms with E-state index < -0.39 is 0 Å². The summed E-state index contributed by atoms with van der Waals surface area (Å²) in [4.78, 5) is 11.0. The topological polar surface area (TPSA) is 52.9 Å². The van der Waals surface area contributed by atoms with Gasteiger partial charge in [0.2, 0.25) is 5.91 Å². The molecule has 0 saturated carbocycles. The first-order valence-electron chi connectivity index (χ1n) is 6.17. The zero-order valence-electron chi connectivity index (χ0n) is 11.5. The molecule has 3 heteroatoms. The summed E-state index contributed by atoms with van der Waals surface area (Å²) in [6.07, 6.45) is 1.18. The number of carbonyl (C=O) groups is 1. The van der Waals surface area contributed by atoms with Gasteiger partial charge in [-0.15, -0.1) is 0 Å². The molecule has 1 aromatic rings. The van der Waals surface area contributed by atoms with Gasteiger partial charge in [0.25, 0.3) is 0 Å². The highest BCUT2D eigenvalue weighted by molar-refractivity contribution is 5.73. The molecule has 3 nitrogen and oxygen atoms in total. The number of benzene rings is 1. The molecule has 18 heavy (non-hydrogen) atoms. The third-order valence-electron chi connectivity index (χ3n) is 3.06. The number of carbonyl (C=O) groups excluding carboxylic acids is 1. The summed E-state index contributed by atoms with van der Waals surface area (Å²) >= 11 is 0. The van der Waals surface area contributed by atoms with Gasteiger partial charge in [0.15, 0.2) is 0 Å². The van der Waals surface area contributed by atoms with Crippen LogP contribution in [0.25, 0.3) is 0 Å². The van der Waals surface area contributed by atoms with Crippen LogP contribution in [0.4, 0.5) is 0 Å².